The van der Waals surface area contributed by atoms with Crippen molar-refractivity contribution in [3.63, 3.8) is 0 Å². The molecule has 0 saturated heterocycles. The lowest BCUT2D eigenvalue weighted by atomic mass is 10.0. The molecule has 1 N–H and O–H groups in total. The van der Waals surface area contributed by atoms with Gasteiger partial charge in [0.25, 0.3) is 0 Å². The maximum Gasteiger partial charge on any atom is 0.371 e. The smallest absolute Gasteiger partial charge is 0.371 e. The molecule has 2 atom stereocenters. The first-order chi connectivity index (χ1) is 15.2. The molecule has 0 aliphatic rings. The average molecular weight is 480 g/mol. The molecule has 5 nitrogen and oxygen atoms in total. The van der Waals surface area contributed by atoms with E-state index < -0.39 is 37.2 Å². The van der Waals surface area contributed by atoms with E-state index in [1.54, 1.807) is 18.2 Å². The lowest BCUT2D eigenvalue weighted by Gasteiger charge is -2.31. The van der Waals surface area contributed by atoms with E-state index in [0.717, 1.165) is 12.1 Å². The van der Waals surface area contributed by atoms with Gasteiger partial charge in [0, 0.05) is 11.3 Å². The Morgan fingerprint density at radius 1 is 0.938 bits per heavy atom. The van der Waals surface area contributed by atoms with Gasteiger partial charge in [-0.15, -0.1) is 11.6 Å². The van der Waals surface area contributed by atoms with Gasteiger partial charge in [0.15, 0.2) is 5.78 Å². The van der Waals surface area contributed by atoms with E-state index in [-0.39, 0.29) is 11.3 Å². The van der Waals surface area contributed by atoms with Gasteiger partial charge in [-0.25, -0.2) is 8.42 Å². The van der Waals surface area contributed by atoms with E-state index >= 15 is 8.78 Å². The average Bonchev–Trinajstić information content (AvgIpc) is 2.82. The van der Waals surface area contributed by atoms with Gasteiger partial charge in [-0.2, -0.15) is 8.78 Å². The molecule has 0 heterocycles. The molecule has 3 aromatic carbocycles. The van der Waals surface area contributed by atoms with E-state index in [1.807, 2.05) is 0 Å². The van der Waals surface area contributed by atoms with E-state index in [0.29, 0.717) is 5.75 Å². The fraction of sp³-hybridized carbons (Fsp3) is 0.174. The van der Waals surface area contributed by atoms with E-state index in [1.165, 1.54) is 61.7 Å². The van der Waals surface area contributed by atoms with Gasteiger partial charge in [-0.05, 0) is 36.4 Å². The number of hydrogen-bond acceptors (Lipinski definition) is 5. The minimum absolute atomic E-state index is 0.0851. The number of halogens is 3. The monoisotopic (exact) mass is 479 g/mol. The summed E-state index contributed by atoms with van der Waals surface area (Å²) in [5.74, 6) is -0.361. The molecule has 9 heteroatoms. The summed E-state index contributed by atoms with van der Waals surface area (Å²) in [5, 5.41) is -3.86. The van der Waals surface area contributed by atoms with Crippen LogP contribution < -0.4 is 10.1 Å². The predicted molar refractivity (Wildman–Crippen MR) is 119 cm³/mol. The number of rotatable bonds is 9. The summed E-state index contributed by atoms with van der Waals surface area (Å²) in [7, 11) is -3.74. The molecule has 0 spiro atoms. The highest BCUT2D eigenvalue weighted by atomic mass is 35.5. The van der Waals surface area contributed by atoms with E-state index in [9.17, 15) is 13.2 Å². The van der Waals surface area contributed by atoms with E-state index in [4.69, 9.17) is 16.3 Å². The standard InChI is InChI=1S/C23H20ClF2NO4S/c1-31-18-14-12-17(13-15-18)27-22(20(24)21(28)16-8-4-2-5-9-16)23(25,26)32(29,30)19-10-6-3-7-11-19/h2-15,20,22,27H,1H3/t20-,22+/m1/s1. The van der Waals surface area contributed by atoms with Crippen molar-refractivity contribution in [1.82, 2.24) is 0 Å². The molecule has 0 aliphatic heterocycles. The Morgan fingerprint density at radius 2 is 1.47 bits per heavy atom. The third-order valence-electron chi connectivity index (χ3n) is 4.79. The van der Waals surface area contributed by atoms with Crippen molar-refractivity contribution in [2.45, 2.75) is 21.6 Å². The molecular weight excluding hydrogens is 460 g/mol. The summed E-state index contributed by atoms with van der Waals surface area (Å²) in [4.78, 5) is 12.3. The minimum atomic E-state index is -5.19. The van der Waals surface area contributed by atoms with E-state index in [2.05, 4.69) is 5.32 Å². The number of benzene rings is 3. The summed E-state index contributed by atoms with van der Waals surface area (Å²) in [6.45, 7) is 0. The van der Waals surface area contributed by atoms with Crippen LogP contribution in [0, 0.1) is 0 Å². The molecule has 3 aromatic rings. The van der Waals surface area contributed by atoms with Crippen molar-refractivity contribution in [2.75, 3.05) is 12.4 Å². The maximum atomic E-state index is 15.6. The highest BCUT2D eigenvalue weighted by molar-refractivity contribution is 7.92. The third kappa shape index (κ3) is 4.76. The van der Waals surface area contributed by atoms with Crippen molar-refractivity contribution in [3.8, 4) is 5.75 Å². The summed E-state index contributed by atoms with van der Waals surface area (Å²) >= 11 is 6.24. The number of ketones is 1. The van der Waals surface area contributed by atoms with Crippen LogP contribution in [-0.4, -0.2) is 38.0 Å². The number of ether oxygens (including phenoxy) is 1. The first-order valence-electron chi connectivity index (χ1n) is 9.50. The van der Waals surface area contributed by atoms with Crippen molar-refractivity contribution in [2.24, 2.45) is 0 Å². The first kappa shape index (κ1) is 23.7. The van der Waals surface area contributed by atoms with Gasteiger partial charge in [-0.1, -0.05) is 48.5 Å². The highest BCUT2D eigenvalue weighted by Crippen LogP contribution is 2.37. The number of methoxy groups -OCH3 is 1. The number of anilines is 1. The topological polar surface area (TPSA) is 72.5 Å². The van der Waals surface area contributed by atoms with Gasteiger partial charge < -0.3 is 10.1 Å². The van der Waals surface area contributed by atoms with Crippen LogP contribution in [0.2, 0.25) is 0 Å². The maximum absolute atomic E-state index is 15.6. The molecule has 0 saturated carbocycles. The summed E-state index contributed by atoms with van der Waals surface area (Å²) in [5.41, 5.74) is 0.229. The van der Waals surface area contributed by atoms with Gasteiger partial charge >= 0.3 is 5.25 Å². The number of nitrogens with one attached hydrogen (secondary N) is 1. The number of carbonyl (C=O) groups is 1. The molecule has 168 valence electrons. The van der Waals surface area contributed by atoms with Crippen LogP contribution in [0.3, 0.4) is 0 Å². The van der Waals surface area contributed by atoms with Crippen molar-refractivity contribution < 1.29 is 26.7 Å². The number of hydrogen-bond donors (Lipinski definition) is 1. The van der Waals surface area contributed by atoms with Gasteiger partial charge in [0.05, 0.1) is 12.0 Å². The SMILES string of the molecule is COc1ccc(N[C@@H]([C@H](Cl)C(=O)c2ccccc2)C(F)(F)S(=O)(=O)c2ccccc2)cc1. The van der Waals surface area contributed by atoms with Crippen LogP contribution in [0.25, 0.3) is 0 Å². The zero-order valence-corrected chi connectivity index (χ0v) is 18.5. The van der Waals surface area contributed by atoms with Crippen molar-refractivity contribution in [1.29, 1.82) is 0 Å². The number of alkyl halides is 3. The Labute approximate surface area is 189 Å². The largest absolute Gasteiger partial charge is 0.497 e. The Balaban J connectivity index is 2.05. The normalized spacial score (nSPS) is 13.8. The second kappa shape index (κ2) is 9.67. The molecule has 0 amide bonds. The molecule has 0 aromatic heterocycles. The van der Waals surface area contributed by atoms with Crippen LogP contribution >= 0.6 is 11.6 Å². The second-order valence-electron chi connectivity index (χ2n) is 6.86. The predicted octanol–water partition coefficient (Wildman–Crippen LogP) is 5.03. The first-order valence-corrected chi connectivity index (χ1v) is 11.4. The zero-order valence-electron chi connectivity index (χ0n) is 16.9. The van der Waals surface area contributed by atoms with Gasteiger partial charge in [-0.3, -0.25) is 4.79 Å². The van der Waals surface area contributed by atoms with Crippen molar-refractivity contribution in [3.05, 3.63) is 90.5 Å². The number of Topliss-reactive ketones (excluding diaryl/α,β-unsaturated/α-hetero) is 1. The third-order valence-corrected chi connectivity index (χ3v) is 7.10. The lowest BCUT2D eigenvalue weighted by molar-refractivity contribution is 0.0625. The molecular formula is C23H20ClF2NO4S. The summed E-state index contributed by atoms with van der Waals surface area (Å²) in [6, 6.07) is 17.5. The Bertz CT molecular complexity index is 1160. The number of sulfone groups is 1. The molecule has 3 rings (SSSR count). The van der Waals surface area contributed by atoms with Crippen LogP contribution in [0.4, 0.5) is 14.5 Å². The second-order valence-corrected chi connectivity index (χ2v) is 9.35. The minimum Gasteiger partial charge on any atom is -0.497 e. The van der Waals surface area contributed by atoms with Crippen molar-refractivity contribution >= 4 is 32.9 Å². The fourth-order valence-corrected chi connectivity index (χ4v) is 4.81. The Morgan fingerprint density at radius 3 is 2.00 bits per heavy atom. The fourth-order valence-electron chi connectivity index (χ4n) is 3.03. The van der Waals surface area contributed by atoms with Gasteiger partial charge in [0.2, 0.25) is 9.84 Å². The van der Waals surface area contributed by atoms with Gasteiger partial charge in [0.1, 0.15) is 17.2 Å². The Hall–Kier alpha value is -2.97. The molecule has 0 unspecified atom stereocenters. The van der Waals surface area contributed by atoms with Crippen LogP contribution in [-0.2, 0) is 9.84 Å². The number of carbonyl (C=O) groups excluding carboxylic acids is 1. The van der Waals surface area contributed by atoms with Crippen LogP contribution in [0.1, 0.15) is 10.4 Å². The molecule has 32 heavy (non-hydrogen) atoms. The lowest BCUT2D eigenvalue weighted by Crippen LogP contribution is -2.53. The van der Waals surface area contributed by atoms with Crippen LogP contribution in [0.15, 0.2) is 89.8 Å². The quantitative estimate of drug-likeness (QED) is 0.344. The Kier molecular flexibility index (Phi) is 7.16. The zero-order chi connectivity index (χ0) is 23.4. The molecule has 0 bridgehead atoms. The molecule has 0 radical (unpaired) electrons. The van der Waals surface area contributed by atoms with Crippen LogP contribution in [0.5, 0.6) is 5.75 Å². The highest BCUT2D eigenvalue weighted by Gasteiger charge is 2.57. The summed E-state index contributed by atoms with van der Waals surface area (Å²) < 4.78 is 62.0. The molecule has 0 fully saturated rings. The summed E-state index contributed by atoms with van der Waals surface area (Å²) in [6.07, 6.45) is 0. The molecule has 0 aliphatic carbocycles.